The standard InChI is InChI=1S/C12H14N2O4S/c1-18-6-5-13-11(15)8-19-12(13)9-3-2-4-10(7-9)14(16)17/h2-4,7,12H,5-6,8H2,1H3. The Kier molecular flexibility index (Phi) is 4.39. The van der Waals surface area contributed by atoms with Crippen molar-refractivity contribution in [2.75, 3.05) is 26.0 Å². The molecule has 1 aliphatic heterocycles. The van der Waals surface area contributed by atoms with Gasteiger partial charge in [0, 0.05) is 25.8 Å². The molecule has 0 bridgehead atoms. The number of rotatable bonds is 5. The summed E-state index contributed by atoms with van der Waals surface area (Å²) in [6.45, 7) is 0.952. The van der Waals surface area contributed by atoms with Crippen molar-refractivity contribution in [3.8, 4) is 0 Å². The maximum Gasteiger partial charge on any atom is 0.269 e. The summed E-state index contributed by atoms with van der Waals surface area (Å²) in [5.74, 6) is 0.440. The molecular weight excluding hydrogens is 268 g/mol. The van der Waals surface area contributed by atoms with Gasteiger partial charge in [0.2, 0.25) is 5.91 Å². The van der Waals surface area contributed by atoms with Crippen LogP contribution in [0.5, 0.6) is 0 Å². The van der Waals surface area contributed by atoms with Gasteiger partial charge in [-0.2, -0.15) is 0 Å². The lowest BCUT2D eigenvalue weighted by molar-refractivity contribution is -0.384. The molecule has 0 saturated carbocycles. The van der Waals surface area contributed by atoms with E-state index < -0.39 is 4.92 Å². The Balaban J connectivity index is 2.22. The van der Waals surface area contributed by atoms with Gasteiger partial charge < -0.3 is 9.64 Å². The molecule has 1 aromatic carbocycles. The van der Waals surface area contributed by atoms with Crippen molar-refractivity contribution >= 4 is 23.4 Å². The molecule has 1 amide bonds. The Morgan fingerprint density at radius 2 is 2.37 bits per heavy atom. The van der Waals surface area contributed by atoms with Gasteiger partial charge in [-0.15, -0.1) is 11.8 Å². The Morgan fingerprint density at radius 1 is 1.58 bits per heavy atom. The number of nitrogens with zero attached hydrogens (tertiary/aromatic N) is 2. The second-order valence-electron chi connectivity index (χ2n) is 4.10. The van der Waals surface area contributed by atoms with Gasteiger partial charge >= 0.3 is 0 Å². The number of nitro groups is 1. The number of benzene rings is 1. The maximum atomic E-state index is 11.8. The van der Waals surface area contributed by atoms with Gasteiger partial charge in [0.05, 0.1) is 17.3 Å². The maximum absolute atomic E-state index is 11.8. The number of carbonyl (C=O) groups excluding carboxylic acids is 1. The second kappa shape index (κ2) is 6.03. The van der Waals surface area contributed by atoms with Crippen LogP contribution in [0.25, 0.3) is 0 Å². The number of hydrogen-bond donors (Lipinski definition) is 0. The number of methoxy groups -OCH3 is 1. The van der Waals surface area contributed by atoms with Gasteiger partial charge in [0.15, 0.2) is 0 Å². The fourth-order valence-corrected chi connectivity index (χ4v) is 3.16. The normalized spacial score (nSPS) is 18.9. The predicted octanol–water partition coefficient (Wildman–Crippen LogP) is 1.82. The van der Waals surface area contributed by atoms with Crippen LogP contribution in [0.1, 0.15) is 10.9 Å². The fourth-order valence-electron chi connectivity index (χ4n) is 1.95. The Labute approximate surface area is 114 Å². The minimum atomic E-state index is -0.426. The minimum Gasteiger partial charge on any atom is -0.383 e. The third-order valence-electron chi connectivity index (χ3n) is 2.87. The largest absolute Gasteiger partial charge is 0.383 e. The monoisotopic (exact) mass is 282 g/mol. The molecule has 0 aliphatic carbocycles. The van der Waals surface area contributed by atoms with Crippen LogP contribution in [0.2, 0.25) is 0 Å². The Bertz CT molecular complexity index is 494. The molecule has 6 nitrogen and oxygen atoms in total. The third kappa shape index (κ3) is 3.05. The molecule has 1 aliphatic rings. The highest BCUT2D eigenvalue weighted by Crippen LogP contribution is 2.39. The zero-order valence-electron chi connectivity index (χ0n) is 10.4. The van der Waals surface area contributed by atoms with E-state index in [1.807, 2.05) is 6.07 Å². The summed E-state index contributed by atoms with van der Waals surface area (Å²) in [6.07, 6.45) is 0. The molecule has 1 heterocycles. The van der Waals surface area contributed by atoms with Crippen LogP contribution in [0.3, 0.4) is 0 Å². The minimum absolute atomic E-state index is 0.0403. The van der Waals surface area contributed by atoms with Crippen molar-refractivity contribution in [2.45, 2.75) is 5.37 Å². The van der Waals surface area contributed by atoms with Gasteiger partial charge in [-0.25, -0.2) is 0 Å². The van der Waals surface area contributed by atoms with E-state index in [4.69, 9.17) is 4.74 Å². The number of ether oxygens (including phenoxy) is 1. The average molecular weight is 282 g/mol. The van der Waals surface area contributed by atoms with Crippen molar-refractivity contribution in [1.29, 1.82) is 0 Å². The van der Waals surface area contributed by atoms with Crippen LogP contribution in [0.15, 0.2) is 24.3 Å². The SMILES string of the molecule is COCCN1C(=O)CSC1c1cccc([N+](=O)[O-])c1. The topological polar surface area (TPSA) is 72.7 Å². The Hall–Kier alpha value is -1.60. The highest BCUT2D eigenvalue weighted by Gasteiger charge is 2.32. The quantitative estimate of drug-likeness (QED) is 0.608. The molecule has 1 saturated heterocycles. The molecule has 0 aromatic heterocycles. The first-order valence-electron chi connectivity index (χ1n) is 5.78. The molecule has 1 fully saturated rings. The lowest BCUT2D eigenvalue weighted by Crippen LogP contribution is -2.31. The molecule has 19 heavy (non-hydrogen) atoms. The van der Waals surface area contributed by atoms with E-state index in [0.717, 1.165) is 5.56 Å². The van der Waals surface area contributed by atoms with Gasteiger partial charge in [-0.3, -0.25) is 14.9 Å². The van der Waals surface area contributed by atoms with Crippen LogP contribution in [-0.2, 0) is 9.53 Å². The van der Waals surface area contributed by atoms with Crippen molar-refractivity contribution in [2.24, 2.45) is 0 Å². The van der Waals surface area contributed by atoms with Crippen LogP contribution in [0.4, 0.5) is 5.69 Å². The number of amides is 1. The molecule has 1 aromatic rings. The number of non-ortho nitro benzene ring substituents is 1. The summed E-state index contributed by atoms with van der Waals surface area (Å²) in [5.41, 5.74) is 0.824. The van der Waals surface area contributed by atoms with Crippen LogP contribution < -0.4 is 0 Å². The molecule has 0 N–H and O–H groups in total. The van der Waals surface area contributed by atoms with E-state index in [1.54, 1.807) is 18.1 Å². The number of carbonyl (C=O) groups is 1. The van der Waals surface area contributed by atoms with Gasteiger partial charge in [-0.05, 0) is 5.56 Å². The molecule has 0 spiro atoms. The molecule has 0 radical (unpaired) electrons. The molecular formula is C12H14N2O4S. The zero-order valence-corrected chi connectivity index (χ0v) is 11.3. The second-order valence-corrected chi connectivity index (χ2v) is 5.16. The van der Waals surface area contributed by atoms with E-state index in [0.29, 0.717) is 18.9 Å². The van der Waals surface area contributed by atoms with Crippen molar-refractivity contribution in [1.82, 2.24) is 4.90 Å². The highest BCUT2D eigenvalue weighted by atomic mass is 32.2. The fraction of sp³-hybridized carbons (Fsp3) is 0.417. The van der Waals surface area contributed by atoms with Gasteiger partial charge in [-0.1, -0.05) is 12.1 Å². The van der Waals surface area contributed by atoms with Crippen LogP contribution >= 0.6 is 11.8 Å². The molecule has 1 unspecified atom stereocenters. The van der Waals surface area contributed by atoms with E-state index in [1.165, 1.54) is 23.9 Å². The number of hydrogen-bond acceptors (Lipinski definition) is 5. The van der Waals surface area contributed by atoms with Crippen molar-refractivity contribution < 1.29 is 14.5 Å². The van der Waals surface area contributed by atoms with Crippen molar-refractivity contribution in [3.63, 3.8) is 0 Å². The molecule has 2 rings (SSSR count). The summed E-state index contributed by atoms with van der Waals surface area (Å²) in [7, 11) is 1.58. The van der Waals surface area contributed by atoms with E-state index in [-0.39, 0.29) is 17.0 Å². The lowest BCUT2D eigenvalue weighted by Gasteiger charge is -2.23. The summed E-state index contributed by atoms with van der Waals surface area (Å²) in [5, 5.41) is 10.6. The summed E-state index contributed by atoms with van der Waals surface area (Å²) < 4.78 is 4.99. The Morgan fingerprint density at radius 3 is 3.05 bits per heavy atom. The zero-order chi connectivity index (χ0) is 13.8. The number of nitro benzene ring substituents is 1. The molecule has 102 valence electrons. The highest BCUT2D eigenvalue weighted by molar-refractivity contribution is 8.00. The smallest absolute Gasteiger partial charge is 0.269 e. The predicted molar refractivity (Wildman–Crippen MR) is 71.9 cm³/mol. The summed E-state index contributed by atoms with van der Waals surface area (Å²) in [4.78, 5) is 23.9. The molecule has 1 atom stereocenters. The van der Waals surface area contributed by atoms with Gasteiger partial charge in [0.25, 0.3) is 5.69 Å². The first-order chi connectivity index (χ1) is 9.13. The van der Waals surface area contributed by atoms with Gasteiger partial charge in [0.1, 0.15) is 5.37 Å². The van der Waals surface area contributed by atoms with Crippen molar-refractivity contribution in [3.05, 3.63) is 39.9 Å². The van der Waals surface area contributed by atoms with Crippen LogP contribution in [-0.4, -0.2) is 41.7 Å². The summed E-state index contributed by atoms with van der Waals surface area (Å²) in [6, 6.07) is 6.43. The average Bonchev–Trinajstić information content (AvgIpc) is 2.78. The summed E-state index contributed by atoms with van der Waals surface area (Å²) >= 11 is 1.48. The first kappa shape index (κ1) is 13.8. The number of thioether (sulfide) groups is 1. The third-order valence-corrected chi connectivity index (χ3v) is 4.13. The van der Waals surface area contributed by atoms with Crippen LogP contribution in [0, 0.1) is 10.1 Å². The van der Waals surface area contributed by atoms with E-state index in [2.05, 4.69) is 0 Å². The first-order valence-corrected chi connectivity index (χ1v) is 6.82. The van der Waals surface area contributed by atoms with E-state index in [9.17, 15) is 14.9 Å². The lowest BCUT2D eigenvalue weighted by atomic mass is 10.2. The molecule has 7 heteroatoms. The van der Waals surface area contributed by atoms with E-state index >= 15 is 0 Å².